The molecular weight excluding hydrogens is 554 g/mol. The van der Waals surface area contributed by atoms with Gasteiger partial charge >= 0.3 is 0 Å². The van der Waals surface area contributed by atoms with Gasteiger partial charge < -0.3 is 29.7 Å². The molecule has 1 heterocycles. The van der Waals surface area contributed by atoms with Gasteiger partial charge in [-0.3, -0.25) is 9.59 Å². The number of carbonyl (C=O) groups is 2. The largest absolute Gasteiger partial charge is 0.394 e. The number of aliphatic hydroxyl groups excluding tert-OH is 1. The Bertz CT molecular complexity index is 1000. The number of likely N-dealkylation sites (tertiary alicyclic amines) is 1. The average Bonchev–Trinajstić information content (AvgIpc) is 3.49. The topological polar surface area (TPSA) is 91.3 Å². The number of carbonyl (C=O) groups excluding carboxylic acids is 2. The van der Waals surface area contributed by atoms with Gasteiger partial charge in [0.25, 0.3) is 0 Å². The number of nitrogens with one attached hydrogen (secondary N) is 1. The van der Waals surface area contributed by atoms with Crippen molar-refractivity contribution in [2.45, 2.75) is 117 Å². The van der Waals surface area contributed by atoms with Gasteiger partial charge in [-0.25, -0.2) is 0 Å². The number of hydrogen-bond donors (Lipinski definition) is 2. The second kappa shape index (κ2) is 20.4. The van der Waals surface area contributed by atoms with Crippen molar-refractivity contribution in [1.29, 1.82) is 0 Å². The molecule has 0 spiro atoms. The number of likely N-dealkylation sites (N-methyl/N-ethyl adjacent to an activating group) is 1. The smallest absolute Gasteiger partial charge is 0.225 e. The zero-order chi connectivity index (χ0) is 33.4. The lowest BCUT2D eigenvalue weighted by Crippen LogP contribution is -2.53. The summed E-state index contributed by atoms with van der Waals surface area (Å²) in [5.41, 5.74) is 2.04. The third-order valence-corrected chi connectivity index (χ3v) is 9.00. The molecule has 7 atom stereocenters. The molecule has 0 bridgehead atoms. The minimum absolute atomic E-state index is 0.0175. The van der Waals surface area contributed by atoms with E-state index < -0.39 is 18.1 Å². The van der Waals surface area contributed by atoms with Crippen LogP contribution >= 0.6 is 0 Å². The lowest BCUT2D eigenvalue weighted by molar-refractivity contribution is -0.143. The molecule has 250 valence electrons. The predicted molar refractivity (Wildman–Crippen MR) is 180 cm³/mol. The Kier molecular flexibility index (Phi) is 18.3. The summed E-state index contributed by atoms with van der Waals surface area (Å²) in [5.74, 6) is 2.52. The normalized spacial score (nSPS) is 20.0. The highest BCUT2D eigenvalue weighted by Gasteiger charge is 2.42. The minimum atomic E-state index is -0.550. The maximum absolute atomic E-state index is 14.0. The van der Waals surface area contributed by atoms with Crippen LogP contribution in [-0.4, -0.2) is 91.5 Å². The molecule has 0 radical (unpaired) electrons. The molecule has 1 saturated heterocycles. The highest BCUT2D eigenvalue weighted by atomic mass is 16.5. The molecule has 0 saturated carbocycles. The van der Waals surface area contributed by atoms with E-state index in [0.717, 1.165) is 37.7 Å². The third kappa shape index (κ3) is 11.4. The van der Waals surface area contributed by atoms with E-state index >= 15 is 0 Å². The first-order chi connectivity index (χ1) is 20.9. The van der Waals surface area contributed by atoms with Crippen molar-refractivity contribution in [3.05, 3.63) is 36.1 Å². The van der Waals surface area contributed by atoms with Gasteiger partial charge in [0.1, 0.15) is 0 Å². The number of nitrogens with zero attached hydrogens (tertiary/aromatic N) is 2. The summed E-state index contributed by atoms with van der Waals surface area (Å²) in [4.78, 5) is 31.6. The zero-order valence-electron chi connectivity index (χ0n) is 29.0. The molecule has 1 aliphatic rings. The van der Waals surface area contributed by atoms with Gasteiger partial charge in [-0.2, -0.15) is 0 Å². The van der Waals surface area contributed by atoms with Crippen molar-refractivity contribution in [2.24, 2.45) is 17.8 Å². The van der Waals surface area contributed by atoms with E-state index in [2.05, 4.69) is 70.5 Å². The quantitative estimate of drug-likeness (QED) is 0.142. The monoisotopic (exact) mass is 615 g/mol. The van der Waals surface area contributed by atoms with Crippen LogP contribution in [0.2, 0.25) is 0 Å². The standard InChI is InChI=1S/C36H61N3O5/c1-12-17-28(15-4)22-29(24-40)37-36(42)27(8)35(44-11)31-19-16-20-39(31)33(41)23-32(43-10)34(26(7)14-3)38(9)30(18-13-2)21-25(5)6/h1,15,17-18,25-27,29,31-32,34-35,40H,4,13-14,16,19-24H2,2-3,5-11H3,(H,37,42)/b28-17+,30-18+. The van der Waals surface area contributed by atoms with Crippen LogP contribution in [0.3, 0.4) is 0 Å². The number of allylic oxidation sites excluding steroid dienone is 4. The number of terminal acetylenes is 1. The van der Waals surface area contributed by atoms with Crippen molar-refractivity contribution in [2.75, 3.05) is 34.4 Å². The molecule has 2 amide bonds. The van der Waals surface area contributed by atoms with Crippen LogP contribution in [0.4, 0.5) is 0 Å². The minimum Gasteiger partial charge on any atom is -0.394 e. The van der Waals surface area contributed by atoms with Crippen LogP contribution < -0.4 is 5.32 Å². The number of ether oxygens (including phenoxy) is 2. The Hall–Kier alpha value is -2.60. The molecule has 1 rings (SSSR count). The van der Waals surface area contributed by atoms with Gasteiger partial charge in [-0.1, -0.05) is 72.6 Å². The Labute approximate surface area is 268 Å². The summed E-state index contributed by atoms with van der Waals surface area (Å²) in [7, 11) is 5.43. The van der Waals surface area contributed by atoms with E-state index in [1.165, 1.54) is 5.70 Å². The number of aliphatic hydroxyl groups is 1. The molecule has 7 unspecified atom stereocenters. The fraction of sp³-hybridized carbons (Fsp3) is 0.722. The summed E-state index contributed by atoms with van der Waals surface area (Å²) in [5, 5.41) is 12.8. The van der Waals surface area contributed by atoms with E-state index in [4.69, 9.17) is 15.9 Å². The molecule has 44 heavy (non-hydrogen) atoms. The van der Waals surface area contributed by atoms with Crippen molar-refractivity contribution >= 4 is 11.8 Å². The van der Waals surface area contributed by atoms with Gasteiger partial charge in [0.2, 0.25) is 11.8 Å². The lowest BCUT2D eigenvalue weighted by atomic mass is 9.89. The van der Waals surface area contributed by atoms with E-state index in [1.807, 2.05) is 11.8 Å². The Morgan fingerprint density at radius 3 is 2.34 bits per heavy atom. The molecule has 1 fully saturated rings. The van der Waals surface area contributed by atoms with E-state index in [-0.39, 0.29) is 43.0 Å². The molecule has 8 nitrogen and oxygen atoms in total. The summed E-state index contributed by atoms with van der Waals surface area (Å²) in [6, 6.07) is -0.714. The second-order valence-corrected chi connectivity index (χ2v) is 12.6. The SMILES string of the molecule is C#C/C=C(\C=C)CC(CO)NC(=O)C(C)C(OC)C1CCCN1C(=O)CC(OC)C(C(C)CC)N(C)/C(=C/CC)CC(C)C. The van der Waals surface area contributed by atoms with Crippen LogP contribution in [0.25, 0.3) is 0 Å². The van der Waals surface area contributed by atoms with Crippen LogP contribution in [0.5, 0.6) is 0 Å². The molecule has 0 aliphatic carbocycles. The van der Waals surface area contributed by atoms with Gasteiger partial charge in [-0.15, -0.1) is 6.42 Å². The summed E-state index contributed by atoms with van der Waals surface area (Å²) in [6.45, 7) is 17.0. The van der Waals surface area contributed by atoms with Crippen LogP contribution in [0.15, 0.2) is 36.1 Å². The van der Waals surface area contributed by atoms with E-state index in [1.54, 1.807) is 26.4 Å². The van der Waals surface area contributed by atoms with Gasteiger partial charge in [0.15, 0.2) is 0 Å². The molecular formula is C36H61N3O5. The van der Waals surface area contributed by atoms with Crippen molar-refractivity contribution in [3.8, 4) is 12.3 Å². The Morgan fingerprint density at radius 1 is 1.16 bits per heavy atom. The second-order valence-electron chi connectivity index (χ2n) is 12.6. The first-order valence-electron chi connectivity index (χ1n) is 16.4. The van der Waals surface area contributed by atoms with Crippen molar-refractivity contribution in [1.82, 2.24) is 15.1 Å². The lowest BCUT2D eigenvalue weighted by Gasteiger charge is -2.41. The number of rotatable bonds is 20. The Balaban J connectivity index is 3.16. The first kappa shape index (κ1) is 39.4. The number of methoxy groups -OCH3 is 2. The van der Waals surface area contributed by atoms with Crippen molar-refractivity contribution < 1.29 is 24.2 Å². The Morgan fingerprint density at radius 2 is 1.84 bits per heavy atom. The fourth-order valence-corrected chi connectivity index (χ4v) is 6.46. The van der Waals surface area contributed by atoms with Gasteiger partial charge in [-0.05, 0) is 55.6 Å². The maximum Gasteiger partial charge on any atom is 0.225 e. The fourth-order valence-electron chi connectivity index (χ4n) is 6.46. The molecule has 0 aromatic carbocycles. The average molecular weight is 616 g/mol. The van der Waals surface area contributed by atoms with Gasteiger partial charge in [0.05, 0.1) is 49.3 Å². The highest BCUT2D eigenvalue weighted by Crippen LogP contribution is 2.31. The number of amides is 2. The van der Waals surface area contributed by atoms with Crippen molar-refractivity contribution in [3.63, 3.8) is 0 Å². The molecule has 1 aliphatic heterocycles. The zero-order valence-corrected chi connectivity index (χ0v) is 29.0. The third-order valence-electron chi connectivity index (χ3n) is 9.00. The molecule has 0 aromatic rings. The summed E-state index contributed by atoms with van der Waals surface area (Å²) in [6.07, 6.45) is 15.2. The highest BCUT2D eigenvalue weighted by molar-refractivity contribution is 5.80. The van der Waals surface area contributed by atoms with Crippen LogP contribution in [0.1, 0.15) is 86.5 Å². The number of hydrogen-bond acceptors (Lipinski definition) is 6. The van der Waals surface area contributed by atoms with Crippen LogP contribution in [-0.2, 0) is 19.1 Å². The molecule has 2 N–H and O–H groups in total. The molecule has 8 heteroatoms. The maximum atomic E-state index is 14.0. The van der Waals surface area contributed by atoms with Gasteiger partial charge in [0, 0.05) is 33.5 Å². The molecule has 0 aromatic heterocycles. The summed E-state index contributed by atoms with van der Waals surface area (Å²) < 4.78 is 12.0. The van der Waals surface area contributed by atoms with E-state index in [9.17, 15) is 14.7 Å². The van der Waals surface area contributed by atoms with Crippen LogP contribution in [0, 0.1) is 30.1 Å². The van der Waals surface area contributed by atoms with E-state index in [0.29, 0.717) is 24.8 Å². The summed E-state index contributed by atoms with van der Waals surface area (Å²) >= 11 is 0. The first-order valence-corrected chi connectivity index (χ1v) is 16.4. The predicted octanol–water partition coefficient (Wildman–Crippen LogP) is 5.33.